The van der Waals surface area contributed by atoms with Crippen LogP contribution in [-0.4, -0.2) is 19.4 Å². The van der Waals surface area contributed by atoms with Gasteiger partial charge < -0.3 is 0 Å². The van der Waals surface area contributed by atoms with Gasteiger partial charge in [0, 0.05) is 41.3 Å². The molecule has 0 spiro atoms. The second-order valence-corrected chi connectivity index (χ2v) is 8.50. The van der Waals surface area contributed by atoms with Crippen LogP contribution in [-0.2, 0) is 12.8 Å². The first-order chi connectivity index (χ1) is 15.4. The fourth-order valence-electron chi connectivity index (χ4n) is 5.69. The van der Waals surface area contributed by atoms with E-state index in [1.807, 2.05) is 24.7 Å². The second-order valence-electron chi connectivity index (χ2n) is 8.50. The number of hydrogen-bond acceptors (Lipinski definition) is 3. The fraction of sp³-hybridized carbons (Fsp3) is 0.0741. The lowest BCUT2D eigenvalue weighted by molar-refractivity contribution is 1.16. The van der Waals surface area contributed by atoms with Gasteiger partial charge in [0.05, 0.1) is 22.4 Å². The highest BCUT2D eigenvalue weighted by molar-refractivity contribution is 6.11. The molecule has 4 nitrogen and oxygen atoms in total. The summed E-state index contributed by atoms with van der Waals surface area (Å²) < 4.78 is 2.35. The third kappa shape index (κ3) is 1.84. The van der Waals surface area contributed by atoms with Crippen molar-refractivity contribution >= 4 is 27.5 Å². The van der Waals surface area contributed by atoms with E-state index in [0.717, 1.165) is 46.0 Å². The van der Waals surface area contributed by atoms with Gasteiger partial charge in [0.2, 0.25) is 0 Å². The topological polar surface area (TPSA) is 43.1 Å². The van der Waals surface area contributed by atoms with Crippen LogP contribution in [0.4, 0.5) is 0 Å². The average Bonchev–Trinajstić information content (AvgIpc) is 3.48. The van der Waals surface area contributed by atoms with Crippen LogP contribution in [0.2, 0.25) is 0 Å². The van der Waals surface area contributed by atoms with E-state index in [1.54, 1.807) is 0 Å². The van der Waals surface area contributed by atoms with E-state index in [4.69, 9.17) is 4.98 Å². The fourth-order valence-corrected chi connectivity index (χ4v) is 5.69. The van der Waals surface area contributed by atoms with Crippen molar-refractivity contribution < 1.29 is 0 Å². The van der Waals surface area contributed by atoms with Crippen LogP contribution in [0.25, 0.3) is 49.8 Å². The highest BCUT2D eigenvalue weighted by atomic mass is 15.0. The Labute approximate surface area is 177 Å². The molecule has 0 atom stereocenters. The molecule has 144 valence electrons. The van der Waals surface area contributed by atoms with Crippen molar-refractivity contribution in [2.75, 3.05) is 0 Å². The van der Waals surface area contributed by atoms with Crippen LogP contribution < -0.4 is 0 Å². The van der Waals surface area contributed by atoms with Gasteiger partial charge in [-0.3, -0.25) is 14.4 Å². The highest BCUT2D eigenvalue weighted by Gasteiger charge is 2.32. The lowest BCUT2D eigenvalue weighted by atomic mass is 9.95. The summed E-state index contributed by atoms with van der Waals surface area (Å²) in [7, 11) is 0. The number of imidazole rings is 1. The number of nitrogens with zero attached hydrogens (tertiary/aromatic N) is 4. The van der Waals surface area contributed by atoms with E-state index in [-0.39, 0.29) is 0 Å². The van der Waals surface area contributed by atoms with Crippen LogP contribution >= 0.6 is 0 Å². The molecule has 2 aromatic carbocycles. The maximum absolute atomic E-state index is 5.17. The smallest absolute Gasteiger partial charge is 0.147 e. The number of aromatic nitrogens is 4. The van der Waals surface area contributed by atoms with Gasteiger partial charge in [0.15, 0.2) is 0 Å². The molecule has 0 aliphatic heterocycles. The predicted octanol–water partition coefficient (Wildman–Crippen LogP) is 5.57. The lowest BCUT2D eigenvalue weighted by Crippen LogP contribution is -1.97. The third-order valence-corrected chi connectivity index (χ3v) is 6.93. The Bertz CT molecular complexity index is 1740. The quantitative estimate of drug-likeness (QED) is 0.315. The molecule has 0 N–H and O–H groups in total. The summed E-state index contributed by atoms with van der Waals surface area (Å²) >= 11 is 0. The van der Waals surface area contributed by atoms with Crippen molar-refractivity contribution in [3.8, 4) is 22.4 Å². The zero-order valence-electron chi connectivity index (χ0n) is 16.6. The monoisotopic (exact) mass is 396 g/mol. The van der Waals surface area contributed by atoms with Gasteiger partial charge in [-0.05, 0) is 52.4 Å². The van der Waals surface area contributed by atoms with Gasteiger partial charge in [-0.1, -0.05) is 36.4 Å². The zero-order chi connectivity index (χ0) is 20.1. The summed E-state index contributed by atoms with van der Waals surface area (Å²) in [6, 6.07) is 19.6. The first-order valence-corrected chi connectivity index (χ1v) is 10.6. The van der Waals surface area contributed by atoms with Crippen LogP contribution in [0.5, 0.6) is 0 Å². The highest BCUT2D eigenvalue weighted by Crippen LogP contribution is 2.50. The largest absolute Gasteiger partial charge is 0.291 e. The molecule has 31 heavy (non-hydrogen) atoms. The molecular formula is C27H16N4. The van der Waals surface area contributed by atoms with Crippen LogP contribution in [0.3, 0.4) is 0 Å². The Balaban J connectivity index is 1.59. The normalized spacial score (nSPS) is 13.5. The molecule has 4 aromatic heterocycles. The molecule has 6 aromatic rings. The molecule has 0 fully saturated rings. The standard InChI is InChI=1S/C27H16N4/c1-2-5-18-15(4-1)12-16-7-8-17-13-21-26(24(17)23(16)18)31-22-9-11-28-14-20(22)25-19(27(31)30-21)6-3-10-29-25/h1-11,14H,12-13H2. The lowest BCUT2D eigenvalue weighted by Gasteiger charge is -2.13. The van der Waals surface area contributed by atoms with Crippen LogP contribution in [0, 0.1) is 0 Å². The SMILES string of the molecule is c1ccc2c(c1)Cc1ccc3c(c1-2)-c1c(nc2c4cccnc4c4cnccc4n12)C3. The summed E-state index contributed by atoms with van der Waals surface area (Å²) in [5, 5.41) is 2.14. The minimum atomic E-state index is 0.871. The molecule has 0 amide bonds. The molecule has 2 aliphatic carbocycles. The maximum Gasteiger partial charge on any atom is 0.147 e. The Kier molecular flexibility index (Phi) is 2.72. The Hall–Kier alpha value is -4.05. The zero-order valence-corrected chi connectivity index (χ0v) is 16.6. The average molecular weight is 396 g/mol. The first kappa shape index (κ1) is 15.7. The summed E-state index contributed by atoms with van der Waals surface area (Å²) in [6.07, 6.45) is 7.51. The molecular weight excluding hydrogens is 380 g/mol. The predicted molar refractivity (Wildman–Crippen MR) is 122 cm³/mol. The minimum absolute atomic E-state index is 0.871. The number of fused-ring (bicyclic) bond motifs is 14. The van der Waals surface area contributed by atoms with E-state index in [2.05, 4.69) is 62.9 Å². The van der Waals surface area contributed by atoms with Gasteiger partial charge in [-0.15, -0.1) is 0 Å². The molecule has 4 heteroatoms. The summed E-state index contributed by atoms with van der Waals surface area (Å²) in [4.78, 5) is 14.3. The molecule has 0 bridgehead atoms. The summed E-state index contributed by atoms with van der Waals surface area (Å²) in [5.74, 6) is 0. The number of pyridine rings is 3. The van der Waals surface area contributed by atoms with E-state index >= 15 is 0 Å². The van der Waals surface area contributed by atoms with Crippen molar-refractivity contribution in [1.29, 1.82) is 0 Å². The molecule has 0 saturated heterocycles. The second kappa shape index (κ2) is 5.35. The van der Waals surface area contributed by atoms with Crippen molar-refractivity contribution in [2.24, 2.45) is 0 Å². The molecule has 4 heterocycles. The van der Waals surface area contributed by atoms with Crippen molar-refractivity contribution in [1.82, 2.24) is 19.4 Å². The molecule has 0 unspecified atom stereocenters. The third-order valence-electron chi connectivity index (χ3n) is 6.93. The molecule has 0 radical (unpaired) electrons. The number of rotatable bonds is 0. The minimum Gasteiger partial charge on any atom is -0.291 e. The van der Waals surface area contributed by atoms with Gasteiger partial charge >= 0.3 is 0 Å². The van der Waals surface area contributed by atoms with E-state index in [1.165, 1.54) is 39.1 Å². The first-order valence-electron chi connectivity index (χ1n) is 10.6. The molecule has 0 saturated carbocycles. The van der Waals surface area contributed by atoms with Gasteiger partial charge in [0.1, 0.15) is 5.65 Å². The Morgan fingerprint density at radius 2 is 1.65 bits per heavy atom. The summed E-state index contributed by atoms with van der Waals surface area (Å²) in [6.45, 7) is 0. The van der Waals surface area contributed by atoms with Gasteiger partial charge in [-0.2, -0.15) is 0 Å². The van der Waals surface area contributed by atoms with Gasteiger partial charge in [-0.25, -0.2) is 4.98 Å². The van der Waals surface area contributed by atoms with E-state index in [9.17, 15) is 0 Å². The number of hydrogen-bond donors (Lipinski definition) is 0. The maximum atomic E-state index is 5.17. The molecule has 8 rings (SSSR count). The van der Waals surface area contributed by atoms with Gasteiger partial charge in [0.25, 0.3) is 0 Å². The molecule has 2 aliphatic rings. The van der Waals surface area contributed by atoms with E-state index in [0.29, 0.717) is 0 Å². The Morgan fingerprint density at radius 3 is 2.61 bits per heavy atom. The van der Waals surface area contributed by atoms with Crippen molar-refractivity contribution in [3.63, 3.8) is 0 Å². The van der Waals surface area contributed by atoms with Crippen LogP contribution in [0.1, 0.15) is 22.4 Å². The van der Waals surface area contributed by atoms with E-state index < -0.39 is 0 Å². The van der Waals surface area contributed by atoms with Crippen LogP contribution in [0.15, 0.2) is 73.2 Å². The number of benzene rings is 2. The van der Waals surface area contributed by atoms with Crippen molar-refractivity contribution in [2.45, 2.75) is 12.8 Å². The Morgan fingerprint density at radius 1 is 0.742 bits per heavy atom. The summed E-state index contributed by atoms with van der Waals surface area (Å²) in [5.41, 5.74) is 13.8. The van der Waals surface area contributed by atoms with Crippen molar-refractivity contribution in [3.05, 3.63) is 95.6 Å².